The van der Waals surface area contributed by atoms with Crippen LogP contribution in [0.3, 0.4) is 0 Å². The van der Waals surface area contributed by atoms with Crippen molar-refractivity contribution in [3.05, 3.63) is 24.3 Å². The minimum Gasteiger partial charge on any atom is -0.497 e. The van der Waals surface area contributed by atoms with Gasteiger partial charge in [0.15, 0.2) is 5.96 Å². The smallest absolute Gasteiger partial charge is 0.193 e. The zero-order chi connectivity index (χ0) is 19.1. The van der Waals surface area contributed by atoms with Gasteiger partial charge in [0.05, 0.1) is 13.2 Å². The number of aliphatic imine (C=N–C) groups is 1. The largest absolute Gasteiger partial charge is 0.497 e. The van der Waals surface area contributed by atoms with E-state index in [1.165, 1.54) is 12.1 Å². The number of benzene rings is 1. The lowest BCUT2D eigenvalue weighted by atomic mass is 10.1. The zero-order valence-corrected chi connectivity index (χ0v) is 17.0. The normalized spacial score (nSPS) is 21.6. The summed E-state index contributed by atoms with van der Waals surface area (Å²) in [6.45, 7) is 8.06. The third kappa shape index (κ3) is 5.28. The van der Waals surface area contributed by atoms with E-state index < -0.39 is 0 Å². The molecule has 0 spiro atoms. The number of rotatable bonds is 6. The van der Waals surface area contributed by atoms with Crippen molar-refractivity contribution in [2.24, 2.45) is 10.9 Å². The Morgan fingerprint density at radius 2 is 2.04 bits per heavy atom. The first-order valence-electron chi connectivity index (χ1n) is 10.2. The van der Waals surface area contributed by atoms with Crippen LogP contribution >= 0.6 is 0 Å². The molecule has 1 aromatic rings. The van der Waals surface area contributed by atoms with E-state index in [-0.39, 0.29) is 0 Å². The summed E-state index contributed by atoms with van der Waals surface area (Å²) >= 11 is 0. The second-order valence-corrected chi connectivity index (χ2v) is 7.37. The molecule has 2 aliphatic heterocycles. The minimum absolute atomic E-state index is 0.413. The highest BCUT2D eigenvalue weighted by atomic mass is 16.5. The summed E-state index contributed by atoms with van der Waals surface area (Å²) in [4.78, 5) is 9.32. The maximum atomic E-state index is 5.75. The van der Waals surface area contributed by atoms with Crippen molar-refractivity contribution in [3.63, 3.8) is 0 Å². The maximum Gasteiger partial charge on any atom is 0.193 e. The second kappa shape index (κ2) is 9.83. The van der Waals surface area contributed by atoms with Crippen molar-refractivity contribution in [3.8, 4) is 5.75 Å². The summed E-state index contributed by atoms with van der Waals surface area (Å²) < 4.78 is 11.1. The molecule has 0 amide bonds. The van der Waals surface area contributed by atoms with Gasteiger partial charge in [0.2, 0.25) is 0 Å². The molecule has 6 heteroatoms. The van der Waals surface area contributed by atoms with Crippen molar-refractivity contribution >= 4 is 11.6 Å². The summed E-state index contributed by atoms with van der Waals surface area (Å²) in [6, 6.07) is 8.35. The topological polar surface area (TPSA) is 49.3 Å². The second-order valence-electron chi connectivity index (χ2n) is 7.37. The van der Waals surface area contributed by atoms with Crippen molar-refractivity contribution in [2.45, 2.75) is 32.3 Å². The summed E-state index contributed by atoms with van der Waals surface area (Å²) in [5.74, 6) is 2.59. The predicted octanol–water partition coefficient (Wildman–Crippen LogP) is 2.60. The highest BCUT2D eigenvalue weighted by Crippen LogP contribution is 2.26. The number of hydrogen-bond donors (Lipinski definition) is 1. The van der Waals surface area contributed by atoms with Gasteiger partial charge in [0, 0.05) is 58.1 Å². The molecule has 1 aromatic carbocycles. The first-order valence-corrected chi connectivity index (χ1v) is 10.2. The number of nitrogens with one attached hydrogen (secondary N) is 1. The van der Waals surface area contributed by atoms with Gasteiger partial charge in [-0.2, -0.15) is 0 Å². The van der Waals surface area contributed by atoms with E-state index in [4.69, 9.17) is 9.47 Å². The molecular formula is C21H34N4O2. The molecule has 27 heavy (non-hydrogen) atoms. The Hall–Kier alpha value is -1.95. The molecule has 0 aromatic heterocycles. The molecule has 1 atom stereocenters. The van der Waals surface area contributed by atoms with Crippen molar-refractivity contribution in [1.29, 1.82) is 0 Å². The Balaban J connectivity index is 1.45. The number of hydrogen-bond acceptors (Lipinski definition) is 4. The third-order valence-corrected chi connectivity index (χ3v) is 5.61. The Bertz CT molecular complexity index is 614. The number of piperidine rings is 1. The van der Waals surface area contributed by atoms with E-state index in [0.717, 1.165) is 63.9 Å². The molecule has 2 saturated heterocycles. The quantitative estimate of drug-likeness (QED) is 0.613. The molecule has 0 radical (unpaired) electrons. The van der Waals surface area contributed by atoms with Gasteiger partial charge >= 0.3 is 0 Å². The van der Waals surface area contributed by atoms with Crippen LogP contribution in [0.1, 0.15) is 26.2 Å². The lowest BCUT2D eigenvalue weighted by molar-refractivity contribution is 0.0263. The SMILES string of the molecule is CCOC1CCN(C(=NC)NCC2CCN(c3cccc(OC)c3)C2)CC1. The van der Waals surface area contributed by atoms with Crippen LogP contribution in [-0.4, -0.2) is 70.5 Å². The molecule has 0 bridgehead atoms. The summed E-state index contributed by atoms with van der Waals surface area (Å²) in [5.41, 5.74) is 1.25. The fourth-order valence-corrected chi connectivity index (χ4v) is 4.08. The number of nitrogens with zero attached hydrogens (tertiary/aromatic N) is 3. The van der Waals surface area contributed by atoms with Gasteiger partial charge < -0.3 is 24.6 Å². The van der Waals surface area contributed by atoms with Crippen molar-refractivity contribution < 1.29 is 9.47 Å². The molecular weight excluding hydrogens is 340 g/mol. The molecule has 2 aliphatic rings. The lowest BCUT2D eigenvalue weighted by Crippen LogP contribution is -2.48. The molecule has 3 rings (SSSR count). The van der Waals surface area contributed by atoms with Gasteiger partial charge in [0.25, 0.3) is 0 Å². The van der Waals surface area contributed by atoms with E-state index in [1.54, 1.807) is 7.11 Å². The summed E-state index contributed by atoms with van der Waals surface area (Å²) in [6.07, 6.45) is 3.78. The Labute approximate surface area is 163 Å². The first-order chi connectivity index (χ1) is 13.2. The van der Waals surface area contributed by atoms with Gasteiger partial charge in [-0.1, -0.05) is 6.07 Å². The average molecular weight is 375 g/mol. The molecule has 6 nitrogen and oxygen atoms in total. The van der Waals surface area contributed by atoms with Crippen LogP contribution < -0.4 is 15.0 Å². The van der Waals surface area contributed by atoms with E-state index in [0.29, 0.717) is 12.0 Å². The lowest BCUT2D eigenvalue weighted by Gasteiger charge is -2.34. The average Bonchev–Trinajstić information content (AvgIpc) is 3.19. The number of ether oxygens (including phenoxy) is 2. The van der Waals surface area contributed by atoms with Gasteiger partial charge in [0.1, 0.15) is 5.75 Å². The molecule has 2 fully saturated rings. The van der Waals surface area contributed by atoms with Crippen LogP contribution in [-0.2, 0) is 4.74 Å². The summed E-state index contributed by atoms with van der Waals surface area (Å²) in [7, 11) is 3.60. The number of methoxy groups -OCH3 is 1. The summed E-state index contributed by atoms with van der Waals surface area (Å²) in [5, 5.41) is 3.61. The van der Waals surface area contributed by atoms with Gasteiger partial charge in [-0.3, -0.25) is 4.99 Å². The van der Waals surface area contributed by atoms with Crippen LogP contribution in [0, 0.1) is 5.92 Å². The monoisotopic (exact) mass is 374 g/mol. The van der Waals surface area contributed by atoms with Gasteiger partial charge in [-0.25, -0.2) is 0 Å². The van der Waals surface area contributed by atoms with Crippen LogP contribution in [0.4, 0.5) is 5.69 Å². The number of anilines is 1. The minimum atomic E-state index is 0.413. The Morgan fingerprint density at radius 1 is 1.22 bits per heavy atom. The molecule has 150 valence electrons. The van der Waals surface area contributed by atoms with Gasteiger partial charge in [-0.15, -0.1) is 0 Å². The maximum absolute atomic E-state index is 5.75. The fourth-order valence-electron chi connectivity index (χ4n) is 4.08. The molecule has 1 unspecified atom stereocenters. The highest BCUT2D eigenvalue weighted by molar-refractivity contribution is 5.80. The zero-order valence-electron chi connectivity index (χ0n) is 17.0. The van der Waals surface area contributed by atoms with Crippen molar-refractivity contribution in [1.82, 2.24) is 10.2 Å². The van der Waals surface area contributed by atoms with E-state index in [1.807, 2.05) is 13.1 Å². The number of likely N-dealkylation sites (tertiary alicyclic amines) is 1. The van der Waals surface area contributed by atoms with Crippen LogP contribution in [0.15, 0.2) is 29.3 Å². The van der Waals surface area contributed by atoms with Crippen LogP contribution in [0.2, 0.25) is 0 Å². The number of guanidine groups is 1. The molecule has 2 heterocycles. The molecule has 0 saturated carbocycles. The van der Waals surface area contributed by atoms with Gasteiger partial charge in [-0.05, 0) is 44.2 Å². The molecule has 0 aliphatic carbocycles. The fraction of sp³-hybridized carbons (Fsp3) is 0.667. The van der Waals surface area contributed by atoms with Crippen LogP contribution in [0.25, 0.3) is 0 Å². The Morgan fingerprint density at radius 3 is 2.74 bits per heavy atom. The third-order valence-electron chi connectivity index (χ3n) is 5.61. The first kappa shape index (κ1) is 19.8. The van der Waals surface area contributed by atoms with E-state index >= 15 is 0 Å². The standard InChI is InChI=1S/C21H34N4O2/c1-4-27-19-9-12-24(13-10-19)21(22-2)23-15-17-8-11-25(16-17)18-6-5-7-20(14-18)26-3/h5-7,14,17,19H,4,8-13,15-16H2,1-3H3,(H,22,23). The highest BCUT2D eigenvalue weighted by Gasteiger charge is 2.25. The van der Waals surface area contributed by atoms with Crippen molar-refractivity contribution in [2.75, 3.05) is 58.4 Å². The molecule has 1 N–H and O–H groups in total. The Kier molecular flexibility index (Phi) is 7.21. The van der Waals surface area contributed by atoms with E-state index in [9.17, 15) is 0 Å². The predicted molar refractivity (Wildman–Crippen MR) is 111 cm³/mol. The van der Waals surface area contributed by atoms with Crippen LogP contribution in [0.5, 0.6) is 5.75 Å². The van der Waals surface area contributed by atoms with E-state index in [2.05, 4.69) is 45.2 Å².